The first-order valence-corrected chi connectivity index (χ1v) is 5.00. The molecule has 70 valence electrons. The van der Waals surface area contributed by atoms with Gasteiger partial charge in [-0.1, -0.05) is 12.0 Å². The maximum absolute atomic E-state index is 8.82. The van der Waals surface area contributed by atoms with E-state index in [2.05, 4.69) is 23.7 Å². The second-order valence-electron chi connectivity index (χ2n) is 2.44. The number of aliphatic hydroxyl groups is 1. The zero-order valence-electron chi connectivity index (χ0n) is 7.87. The Kier molecular flexibility index (Phi) is 4.58. The number of thiophene rings is 1. The largest absolute Gasteiger partial charge is 0.391 e. The van der Waals surface area contributed by atoms with Crippen LogP contribution in [0.3, 0.4) is 0 Å². The van der Waals surface area contributed by atoms with Crippen LogP contribution in [0, 0.1) is 23.7 Å². The minimum atomic E-state index is 0.0800. The number of rotatable bonds is 1. The maximum Gasteiger partial charge on any atom is 0.0782 e. The van der Waals surface area contributed by atoms with Crippen molar-refractivity contribution in [1.29, 1.82) is 0 Å². The summed E-state index contributed by atoms with van der Waals surface area (Å²) in [6.45, 7) is 1.99. The summed E-state index contributed by atoms with van der Waals surface area (Å²) < 4.78 is 0. The van der Waals surface area contributed by atoms with Crippen molar-refractivity contribution in [2.75, 3.05) is 0 Å². The van der Waals surface area contributed by atoms with E-state index in [0.29, 0.717) is 0 Å². The highest BCUT2D eigenvalue weighted by Crippen LogP contribution is 2.14. The summed E-state index contributed by atoms with van der Waals surface area (Å²) in [5, 5.41) is 8.82. The van der Waals surface area contributed by atoms with Gasteiger partial charge < -0.3 is 5.11 Å². The van der Waals surface area contributed by atoms with E-state index in [-0.39, 0.29) is 6.61 Å². The van der Waals surface area contributed by atoms with Crippen LogP contribution in [-0.2, 0) is 6.61 Å². The standard InChI is InChI=1S/C12H10OS/c1-2-3-4-5-6-7-11-8-9-12(10-13)14-11/h2-3,8-9,13H,10H2,1H3. The predicted molar refractivity (Wildman–Crippen MR) is 59.7 cm³/mol. The lowest BCUT2D eigenvalue weighted by Gasteiger charge is -1.80. The molecule has 0 saturated carbocycles. The van der Waals surface area contributed by atoms with E-state index in [1.165, 1.54) is 11.3 Å². The first-order valence-electron chi connectivity index (χ1n) is 4.19. The van der Waals surface area contributed by atoms with Crippen molar-refractivity contribution in [3.8, 4) is 23.7 Å². The Morgan fingerprint density at radius 2 is 2.29 bits per heavy atom. The molecule has 14 heavy (non-hydrogen) atoms. The zero-order chi connectivity index (χ0) is 10.2. The fourth-order valence-corrected chi connectivity index (χ4v) is 1.51. The van der Waals surface area contributed by atoms with Crippen LogP contribution in [-0.4, -0.2) is 5.11 Å². The Morgan fingerprint density at radius 1 is 1.43 bits per heavy atom. The van der Waals surface area contributed by atoms with Crippen LogP contribution in [0.1, 0.15) is 16.7 Å². The van der Waals surface area contributed by atoms with Gasteiger partial charge in [0, 0.05) is 4.88 Å². The van der Waals surface area contributed by atoms with Crippen LogP contribution in [0.2, 0.25) is 0 Å². The van der Waals surface area contributed by atoms with Crippen LogP contribution >= 0.6 is 11.3 Å². The molecule has 0 aliphatic rings. The van der Waals surface area contributed by atoms with E-state index in [0.717, 1.165) is 9.75 Å². The van der Waals surface area contributed by atoms with Crippen LogP contribution in [0.4, 0.5) is 0 Å². The molecular weight excluding hydrogens is 192 g/mol. The van der Waals surface area contributed by atoms with Crippen molar-refractivity contribution in [3.63, 3.8) is 0 Å². The summed E-state index contributed by atoms with van der Waals surface area (Å²) >= 11 is 1.49. The molecule has 0 saturated heterocycles. The van der Waals surface area contributed by atoms with Gasteiger partial charge in [-0.2, -0.15) is 0 Å². The Labute approximate surface area is 88.1 Å². The third kappa shape index (κ3) is 3.49. The fraction of sp³-hybridized carbons (Fsp3) is 0.167. The highest BCUT2D eigenvalue weighted by molar-refractivity contribution is 7.12. The van der Waals surface area contributed by atoms with Gasteiger partial charge in [-0.25, -0.2) is 0 Å². The van der Waals surface area contributed by atoms with E-state index >= 15 is 0 Å². The van der Waals surface area contributed by atoms with Crippen LogP contribution in [0.15, 0.2) is 24.3 Å². The molecule has 1 nitrogen and oxygen atoms in total. The number of aliphatic hydroxyl groups excluding tert-OH is 1. The topological polar surface area (TPSA) is 20.2 Å². The average Bonchev–Trinajstić information content (AvgIpc) is 2.65. The van der Waals surface area contributed by atoms with E-state index < -0.39 is 0 Å². The predicted octanol–water partition coefficient (Wildman–Crippen LogP) is 2.17. The Bertz CT molecular complexity index is 432. The molecule has 1 heterocycles. The molecule has 0 unspecified atom stereocenters. The normalized spacial score (nSPS) is 9.00. The van der Waals surface area contributed by atoms with Crippen molar-refractivity contribution >= 4 is 11.3 Å². The van der Waals surface area contributed by atoms with Gasteiger partial charge in [0.25, 0.3) is 0 Å². The molecular formula is C12H10OS. The fourth-order valence-electron chi connectivity index (χ4n) is 0.784. The van der Waals surface area contributed by atoms with Gasteiger partial charge in [-0.05, 0) is 42.9 Å². The van der Waals surface area contributed by atoms with E-state index in [1.54, 1.807) is 6.08 Å². The van der Waals surface area contributed by atoms with Crippen molar-refractivity contribution in [2.45, 2.75) is 13.5 Å². The van der Waals surface area contributed by atoms with Gasteiger partial charge in [0.2, 0.25) is 0 Å². The number of allylic oxidation sites excluding steroid dienone is 2. The number of hydrogen-bond donors (Lipinski definition) is 1. The molecule has 0 amide bonds. The van der Waals surface area contributed by atoms with Gasteiger partial charge in [-0.3, -0.25) is 0 Å². The lowest BCUT2D eigenvalue weighted by Crippen LogP contribution is -1.69. The Balaban J connectivity index is 2.65. The monoisotopic (exact) mass is 202 g/mol. The highest BCUT2D eigenvalue weighted by atomic mass is 32.1. The first-order chi connectivity index (χ1) is 6.86. The minimum absolute atomic E-state index is 0.0800. The van der Waals surface area contributed by atoms with Crippen LogP contribution < -0.4 is 0 Å². The molecule has 0 aliphatic carbocycles. The van der Waals surface area contributed by atoms with Gasteiger partial charge in [0.15, 0.2) is 0 Å². The Hall–Kier alpha value is -1.48. The number of hydrogen-bond acceptors (Lipinski definition) is 2. The van der Waals surface area contributed by atoms with E-state index in [9.17, 15) is 0 Å². The molecule has 0 aliphatic heterocycles. The minimum Gasteiger partial charge on any atom is -0.391 e. The Morgan fingerprint density at radius 3 is 2.93 bits per heavy atom. The molecule has 1 N–H and O–H groups in total. The van der Waals surface area contributed by atoms with Gasteiger partial charge in [0.05, 0.1) is 11.5 Å². The molecule has 0 radical (unpaired) electrons. The molecule has 1 aromatic heterocycles. The molecule has 0 aromatic carbocycles. The molecule has 0 atom stereocenters. The second-order valence-corrected chi connectivity index (χ2v) is 3.61. The highest BCUT2D eigenvalue weighted by Gasteiger charge is 1.93. The SMILES string of the molecule is CC=CC#CC#Cc1ccc(CO)s1. The van der Waals surface area contributed by atoms with Crippen LogP contribution in [0.5, 0.6) is 0 Å². The second kappa shape index (κ2) is 6.05. The summed E-state index contributed by atoms with van der Waals surface area (Å²) in [6.07, 6.45) is 3.62. The van der Waals surface area contributed by atoms with Crippen molar-refractivity contribution in [3.05, 3.63) is 34.0 Å². The summed E-state index contributed by atoms with van der Waals surface area (Å²) in [5.74, 6) is 11.1. The maximum atomic E-state index is 8.82. The summed E-state index contributed by atoms with van der Waals surface area (Å²) in [4.78, 5) is 1.86. The van der Waals surface area contributed by atoms with Crippen molar-refractivity contribution < 1.29 is 5.11 Å². The van der Waals surface area contributed by atoms with Gasteiger partial charge in [-0.15, -0.1) is 11.3 Å². The van der Waals surface area contributed by atoms with Gasteiger partial charge >= 0.3 is 0 Å². The molecule has 2 heteroatoms. The smallest absolute Gasteiger partial charge is 0.0782 e. The zero-order valence-corrected chi connectivity index (χ0v) is 8.69. The summed E-state index contributed by atoms with van der Waals surface area (Å²) in [6, 6.07) is 3.76. The molecule has 0 bridgehead atoms. The molecule has 1 aromatic rings. The lowest BCUT2D eigenvalue weighted by molar-refractivity contribution is 0.285. The van der Waals surface area contributed by atoms with Gasteiger partial charge in [0.1, 0.15) is 0 Å². The third-order valence-electron chi connectivity index (χ3n) is 1.39. The molecule has 0 spiro atoms. The van der Waals surface area contributed by atoms with Crippen molar-refractivity contribution in [2.24, 2.45) is 0 Å². The quantitative estimate of drug-likeness (QED) is 0.692. The first kappa shape index (κ1) is 10.6. The summed E-state index contributed by atoms with van der Waals surface area (Å²) in [5.41, 5.74) is 0. The van der Waals surface area contributed by atoms with Crippen LogP contribution in [0.25, 0.3) is 0 Å². The summed E-state index contributed by atoms with van der Waals surface area (Å²) in [7, 11) is 0. The van der Waals surface area contributed by atoms with E-state index in [1.807, 2.05) is 25.1 Å². The molecule has 1 rings (SSSR count). The molecule has 0 fully saturated rings. The third-order valence-corrected chi connectivity index (χ3v) is 2.37. The lowest BCUT2D eigenvalue weighted by atomic mass is 10.4. The van der Waals surface area contributed by atoms with E-state index in [4.69, 9.17) is 5.11 Å². The average molecular weight is 202 g/mol. The van der Waals surface area contributed by atoms with Crippen molar-refractivity contribution in [1.82, 2.24) is 0 Å².